The summed E-state index contributed by atoms with van der Waals surface area (Å²) in [4.78, 5) is 36.0. The van der Waals surface area contributed by atoms with Gasteiger partial charge in [-0.25, -0.2) is 15.8 Å². The number of carbonyl (C=O) groups excluding carboxylic acids is 2. The maximum absolute atomic E-state index is 12.6. The predicted molar refractivity (Wildman–Crippen MR) is 169 cm³/mol. The van der Waals surface area contributed by atoms with Gasteiger partial charge in [-0.05, 0) is 35.4 Å². The Morgan fingerprint density at radius 1 is 0.707 bits per heavy atom. The van der Waals surface area contributed by atoms with Gasteiger partial charge in [0.2, 0.25) is 0 Å². The Hall–Kier alpha value is -3.31. The van der Waals surface area contributed by atoms with E-state index in [0.29, 0.717) is 49.7 Å². The molecule has 1 heterocycles. The molecular formula is C27H30Cl4N8O2. The predicted octanol–water partition coefficient (Wildman–Crippen LogP) is 4.51. The van der Waals surface area contributed by atoms with Crippen LogP contribution in [-0.4, -0.2) is 83.9 Å². The second kappa shape index (κ2) is 17.5. The Morgan fingerprint density at radius 2 is 1.12 bits per heavy atom. The van der Waals surface area contributed by atoms with Crippen LogP contribution in [0.15, 0.2) is 65.1 Å². The molecule has 0 radical (unpaired) electrons. The number of benzene rings is 2. The number of alkyl halides is 4. The maximum atomic E-state index is 12.6. The number of H-pyrrole nitrogens is 1. The zero-order valence-electron chi connectivity index (χ0n) is 22.1. The second-order valence-electron chi connectivity index (χ2n) is 8.44. The topological polar surface area (TPSA) is 118 Å². The van der Waals surface area contributed by atoms with Crippen LogP contribution in [0.2, 0.25) is 0 Å². The van der Waals surface area contributed by atoms with Crippen LogP contribution in [0, 0.1) is 0 Å². The van der Waals surface area contributed by atoms with Gasteiger partial charge in [-0.2, -0.15) is 10.2 Å². The summed E-state index contributed by atoms with van der Waals surface area (Å²) in [6.45, 7) is 2.72. The van der Waals surface area contributed by atoms with Gasteiger partial charge < -0.3 is 14.8 Å². The summed E-state index contributed by atoms with van der Waals surface area (Å²) in [6.07, 6.45) is 4.22. The average Bonchev–Trinajstić information content (AvgIpc) is 3.48. The number of imidazole rings is 1. The third-order valence-electron chi connectivity index (χ3n) is 5.78. The van der Waals surface area contributed by atoms with Crippen molar-refractivity contribution in [2.75, 3.05) is 59.5 Å². The van der Waals surface area contributed by atoms with Crippen molar-refractivity contribution in [2.45, 2.75) is 0 Å². The van der Waals surface area contributed by atoms with Crippen LogP contribution in [0.3, 0.4) is 0 Å². The van der Waals surface area contributed by atoms with Crippen LogP contribution < -0.4 is 20.7 Å². The van der Waals surface area contributed by atoms with Crippen molar-refractivity contribution in [2.24, 2.45) is 10.2 Å². The van der Waals surface area contributed by atoms with Gasteiger partial charge in [0.1, 0.15) is 5.69 Å². The van der Waals surface area contributed by atoms with Crippen LogP contribution in [0.1, 0.15) is 32.1 Å². The van der Waals surface area contributed by atoms with E-state index in [0.717, 1.165) is 22.5 Å². The van der Waals surface area contributed by atoms with Crippen LogP contribution in [-0.2, 0) is 0 Å². The maximum Gasteiger partial charge on any atom is 0.292 e. The van der Waals surface area contributed by atoms with E-state index >= 15 is 0 Å². The van der Waals surface area contributed by atoms with Gasteiger partial charge in [0.15, 0.2) is 5.69 Å². The van der Waals surface area contributed by atoms with E-state index in [2.05, 4.69) is 40.8 Å². The number of rotatable bonds is 16. The lowest BCUT2D eigenvalue weighted by Crippen LogP contribution is -2.27. The molecule has 0 aliphatic heterocycles. The molecule has 2 aromatic carbocycles. The molecule has 0 atom stereocenters. The number of amides is 2. The molecule has 41 heavy (non-hydrogen) atoms. The van der Waals surface area contributed by atoms with Crippen LogP contribution >= 0.6 is 46.4 Å². The van der Waals surface area contributed by atoms with E-state index in [9.17, 15) is 9.59 Å². The third kappa shape index (κ3) is 9.93. The number of aromatic amines is 1. The Balaban J connectivity index is 1.55. The van der Waals surface area contributed by atoms with E-state index in [1.165, 1.54) is 18.8 Å². The van der Waals surface area contributed by atoms with Gasteiger partial charge >= 0.3 is 0 Å². The fraction of sp³-hybridized carbons (Fsp3) is 0.296. The van der Waals surface area contributed by atoms with E-state index < -0.39 is 11.8 Å². The van der Waals surface area contributed by atoms with Crippen molar-refractivity contribution in [3.8, 4) is 0 Å². The highest BCUT2D eigenvalue weighted by Gasteiger charge is 2.20. The first kappa shape index (κ1) is 32.2. The molecule has 3 N–H and O–H groups in total. The average molecular weight is 640 g/mol. The molecule has 0 aliphatic rings. The number of hydrogen-bond donors (Lipinski definition) is 3. The van der Waals surface area contributed by atoms with Gasteiger partial charge in [0, 0.05) is 61.1 Å². The second-order valence-corrected chi connectivity index (χ2v) is 9.95. The number of hydrazone groups is 2. The summed E-state index contributed by atoms with van der Waals surface area (Å²) in [5.74, 6) is 0.676. The highest BCUT2D eigenvalue weighted by atomic mass is 35.5. The first-order valence-corrected chi connectivity index (χ1v) is 14.8. The third-order valence-corrected chi connectivity index (χ3v) is 6.45. The molecular weight excluding hydrogens is 610 g/mol. The summed E-state index contributed by atoms with van der Waals surface area (Å²) >= 11 is 23.5. The molecule has 10 nitrogen and oxygen atoms in total. The van der Waals surface area contributed by atoms with Gasteiger partial charge in [0.05, 0.1) is 18.8 Å². The zero-order chi connectivity index (χ0) is 29.5. The van der Waals surface area contributed by atoms with E-state index in [-0.39, 0.29) is 11.4 Å². The number of halogens is 4. The lowest BCUT2D eigenvalue weighted by Gasteiger charge is -2.22. The molecule has 1 aromatic heterocycles. The molecule has 218 valence electrons. The molecule has 0 spiro atoms. The molecule has 0 fully saturated rings. The summed E-state index contributed by atoms with van der Waals surface area (Å²) in [6, 6.07) is 15.1. The molecule has 14 heteroatoms. The molecule has 0 saturated heterocycles. The summed E-state index contributed by atoms with van der Waals surface area (Å²) in [5, 5.41) is 7.96. The zero-order valence-corrected chi connectivity index (χ0v) is 25.1. The highest BCUT2D eigenvalue weighted by Crippen LogP contribution is 2.16. The van der Waals surface area contributed by atoms with Gasteiger partial charge in [-0.15, -0.1) is 46.4 Å². The van der Waals surface area contributed by atoms with Gasteiger partial charge in [0.25, 0.3) is 11.8 Å². The van der Waals surface area contributed by atoms with E-state index in [1.807, 2.05) is 48.5 Å². The summed E-state index contributed by atoms with van der Waals surface area (Å²) in [7, 11) is 0. The molecule has 3 rings (SSSR count). The molecule has 0 bridgehead atoms. The number of nitrogens with one attached hydrogen (secondary N) is 3. The van der Waals surface area contributed by atoms with Crippen LogP contribution in [0.5, 0.6) is 0 Å². The van der Waals surface area contributed by atoms with E-state index in [1.54, 1.807) is 0 Å². The minimum absolute atomic E-state index is 0.0500. The van der Waals surface area contributed by atoms with Crippen LogP contribution in [0.4, 0.5) is 11.4 Å². The Kier molecular flexibility index (Phi) is 13.7. The fourth-order valence-electron chi connectivity index (χ4n) is 3.77. The van der Waals surface area contributed by atoms with Crippen molar-refractivity contribution >= 4 is 82.0 Å². The molecule has 0 unspecified atom stereocenters. The first-order valence-electron chi connectivity index (χ1n) is 12.6. The smallest absolute Gasteiger partial charge is 0.292 e. The fourth-order valence-corrected chi connectivity index (χ4v) is 4.59. The normalized spacial score (nSPS) is 11.2. The van der Waals surface area contributed by atoms with Gasteiger partial charge in [-0.1, -0.05) is 24.3 Å². The largest absolute Gasteiger partial charge is 0.369 e. The summed E-state index contributed by atoms with van der Waals surface area (Å²) in [5.41, 5.74) is 8.10. The number of aromatic nitrogens is 2. The lowest BCUT2D eigenvalue weighted by molar-refractivity contribution is 0.0915. The SMILES string of the molecule is O=C(N/N=C\c1ccc(N(CCCl)CCCl)cc1)c1nc[nH]c1C(=O)N/N=C\c1ccc(N(CCCl)CCCl)cc1. The van der Waals surface area contributed by atoms with Crippen molar-refractivity contribution in [1.82, 2.24) is 20.8 Å². The molecule has 3 aromatic rings. The molecule has 0 saturated carbocycles. The van der Waals surface area contributed by atoms with Crippen LogP contribution in [0.25, 0.3) is 0 Å². The quantitative estimate of drug-likeness (QED) is 0.121. The lowest BCUT2D eigenvalue weighted by atomic mass is 10.2. The van der Waals surface area contributed by atoms with Crippen molar-refractivity contribution in [3.05, 3.63) is 77.4 Å². The van der Waals surface area contributed by atoms with Crippen molar-refractivity contribution in [3.63, 3.8) is 0 Å². The Bertz CT molecular complexity index is 1190. The standard InChI is InChI=1S/C27H30Cl4N8O2/c28-9-13-38(14-10-29)22-5-1-20(2-6-22)17-34-36-26(40)24-25(33-19-32-24)27(41)37-35-18-21-3-7-23(8-4-21)39(15-11-30)16-12-31/h1-8,17-19H,9-16H2,(H,32,33)(H,36,40)(H,37,41)/b34-17-,35-18-. The Labute approximate surface area is 258 Å². The van der Waals surface area contributed by atoms with E-state index in [4.69, 9.17) is 46.4 Å². The van der Waals surface area contributed by atoms with Gasteiger partial charge in [-0.3, -0.25) is 9.59 Å². The number of anilines is 2. The minimum Gasteiger partial charge on any atom is -0.369 e. The first-order chi connectivity index (χ1) is 20.0. The highest BCUT2D eigenvalue weighted by molar-refractivity contribution is 6.19. The number of hydrogen-bond acceptors (Lipinski definition) is 7. The van der Waals surface area contributed by atoms with Crippen molar-refractivity contribution in [1.29, 1.82) is 0 Å². The number of carbonyl (C=O) groups is 2. The number of nitrogens with zero attached hydrogens (tertiary/aromatic N) is 5. The monoisotopic (exact) mass is 638 g/mol. The summed E-state index contributed by atoms with van der Waals surface area (Å²) < 4.78 is 0. The molecule has 2 amide bonds. The Morgan fingerprint density at radius 3 is 1.54 bits per heavy atom. The molecule has 0 aliphatic carbocycles. The minimum atomic E-state index is -0.655. The van der Waals surface area contributed by atoms with Crippen molar-refractivity contribution < 1.29 is 9.59 Å².